The molecule has 0 aliphatic rings. The van der Waals surface area contributed by atoms with Crippen molar-refractivity contribution < 1.29 is 24.9 Å². The number of hydrogen-bond acceptors (Lipinski definition) is 5. The molecule has 0 amide bonds. The summed E-state index contributed by atoms with van der Waals surface area (Å²) in [7, 11) is 1.40. The molecule has 3 N–H and O–H groups in total. The van der Waals surface area contributed by atoms with E-state index in [1.165, 1.54) is 13.3 Å². The Balaban J connectivity index is 2.86. The van der Waals surface area contributed by atoms with Crippen molar-refractivity contribution in [1.29, 1.82) is 0 Å². The van der Waals surface area contributed by atoms with E-state index in [-0.39, 0.29) is 5.69 Å². The zero-order valence-corrected chi connectivity index (χ0v) is 8.70. The number of pyridine rings is 1. The molecule has 0 bridgehead atoms. The van der Waals surface area contributed by atoms with Crippen molar-refractivity contribution in [2.24, 2.45) is 0 Å². The number of carboxylic acid groups (broad SMARTS) is 1. The fraction of sp³-hybridized carbons (Fsp3) is 0.400. The first-order chi connectivity index (χ1) is 7.56. The topological polar surface area (TPSA) is 99.9 Å². The van der Waals surface area contributed by atoms with Gasteiger partial charge in [0.2, 0.25) is 0 Å². The largest absolute Gasteiger partial charge is 0.495 e. The van der Waals surface area contributed by atoms with Crippen LogP contribution in [-0.4, -0.2) is 39.5 Å². The number of rotatable bonds is 5. The maximum Gasteiger partial charge on any atom is 0.306 e. The van der Waals surface area contributed by atoms with Gasteiger partial charge in [-0.2, -0.15) is 0 Å². The van der Waals surface area contributed by atoms with Crippen LogP contribution in [0.4, 0.5) is 0 Å². The number of carbonyl (C=O) groups is 1. The Morgan fingerprint density at radius 3 is 2.81 bits per heavy atom. The van der Waals surface area contributed by atoms with Gasteiger partial charge < -0.3 is 20.1 Å². The molecule has 16 heavy (non-hydrogen) atoms. The highest BCUT2D eigenvalue weighted by atomic mass is 16.5. The highest BCUT2D eigenvalue weighted by Crippen LogP contribution is 2.25. The molecule has 1 aromatic heterocycles. The van der Waals surface area contributed by atoms with Gasteiger partial charge in [-0.15, -0.1) is 0 Å². The molecule has 1 aromatic rings. The minimum atomic E-state index is -1.42. The summed E-state index contributed by atoms with van der Waals surface area (Å²) in [6.45, 7) is 0. The normalized spacial score (nSPS) is 14.2. The van der Waals surface area contributed by atoms with Gasteiger partial charge in [-0.3, -0.25) is 9.78 Å². The van der Waals surface area contributed by atoms with Crippen LogP contribution in [-0.2, 0) is 4.79 Å². The lowest BCUT2D eigenvalue weighted by Crippen LogP contribution is -2.23. The number of ether oxygens (including phenoxy) is 1. The molecule has 1 rings (SSSR count). The third-order valence-electron chi connectivity index (χ3n) is 2.05. The molecule has 0 radical (unpaired) electrons. The summed E-state index contributed by atoms with van der Waals surface area (Å²) in [5, 5.41) is 27.6. The van der Waals surface area contributed by atoms with E-state index in [1.807, 2.05) is 0 Å². The predicted molar refractivity (Wildman–Crippen MR) is 54.0 cm³/mol. The Hall–Kier alpha value is -1.66. The van der Waals surface area contributed by atoms with E-state index in [1.54, 1.807) is 12.1 Å². The van der Waals surface area contributed by atoms with Crippen LogP contribution in [0.15, 0.2) is 18.3 Å². The van der Waals surface area contributed by atoms with Crippen LogP contribution in [0, 0.1) is 0 Å². The molecule has 0 aromatic carbocycles. The molecule has 0 saturated heterocycles. The van der Waals surface area contributed by atoms with Crippen molar-refractivity contribution in [3.8, 4) is 5.75 Å². The maximum atomic E-state index is 10.4. The van der Waals surface area contributed by atoms with Crippen LogP contribution < -0.4 is 4.74 Å². The monoisotopic (exact) mass is 227 g/mol. The van der Waals surface area contributed by atoms with Crippen molar-refractivity contribution in [3.05, 3.63) is 24.0 Å². The molecule has 2 unspecified atom stereocenters. The van der Waals surface area contributed by atoms with Gasteiger partial charge >= 0.3 is 5.97 Å². The second kappa shape index (κ2) is 5.43. The van der Waals surface area contributed by atoms with Crippen LogP contribution in [0.2, 0.25) is 0 Å². The summed E-state index contributed by atoms with van der Waals surface area (Å²) < 4.78 is 4.94. The van der Waals surface area contributed by atoms with Gasteiger partial charge in [-0.1, -0.05) is 0 Å². The zero-order valence-electron chi connectivity index (χ0n) is 8.70. The molecule has 0 aliphatic heterocycles. The number of aromatic nitrogens is 1. The Bertz CT molecular complexity index is 368. The quantitative estimate of drug-likeness (QED) is 0.652. The second-order valence-electron chi connectivity index (χ2n) is 3.20. The molecule has 0 spiro atoms. The summed E-state index contributed by atoms with van der Waals surface area (Å²) in [6, 6.07) is 3.18. The van der Waals surface area contributed by atoms with E-state index in [9.17, 15) is 15.0 Å². The molecule has 6 heteroatoms. The molecule has 1 heterocycles. The fourth-order valence-electron chi connectivity index (χ4n) is 1.27. The third kappa shape index (κ3) is 2.91. The van der Waals surface area contributed by atoms with E-state index in [0.29, 0.717) is 5.75 Å². The Labute approximate surface area is 92.1 Å². The smallest absolute Gasteiger partial charge is 0.306 e. The van der Waals surface area contributed by atoms with Gasteiger partial charge in [0.25, 0.3) is 0 Å². The fourth-order valence-corrected chi connectivity index (χ4v) is 1.27. The van der Waals surface area contributed by atoms with Crippen LogP contribution in [0.3, 0.4) is 0 Å². The summed E-state index contributed by atoms with van der Waals surface area (Å²) in [5.41, 5.74) is 0.124. The number of aliphatic hydroxyl groups is 2. The number of nitrogens with zero attached hydrogens (tertiary/aromatic N) is 1. The van der Waals surface area contributed by atoms with Gasteiger partial charge in [0.15, 0.2) is 0 Å². The number of methoxy groups -OCH3 is 1. The van der Waals surface area contributed by atoms with Crippen molar-refractivity contribution in [2.75, 3.05) is 7.11 Å². The van der Waals surface area contributed by atoms with E-state index in [4.69, 9.17) is 9.84 Å². The first-order valence-corrected chi connectivity index (χ1v) is 4.63. The minimum Gasteiger partial charge on any atom is -0.495 e. The predicted octanol–water partition coefficient (Wildman–Crippen LogP) is -0.0408. The minimum absolute atomic E-state index is 0.124. The van der Waals surface area contributed by atoms with Gasteiger partial charge in [-0.05, 0) is 12.1 Å². The summed E-state index contributed by atoms with van der Waals surface area (Å²) in [5.74, 6) is -0.888. The number of aliphatic hydroxyl groups excluding tert-OH is 2. The average Bonchev–Trinajstić information content (AvgIpc) is 2.27. The van der Waals surface area contributed by atoms with E-state index >= 15 is 0 Å². The maximum absolute atomic E-state index is 10.4. The van der Waals surface area contributed by atoms with Crippen LogP contribution in [0.1, 0.15) is 18.2 Å². The third-order valence-corrected chi connectivity index (χ3v) is 2.05. The first kappa shape index (κ1) is 12.4. The van der Waals surface area contributed by atoms with Crippen LogP contribution in [0.5, 0.6) is 5.75 Å². The lowest BCUT2D eigenvalue weighted by Gasteiger charge is -2.17. The summed E-state index contributed by atoms with van der Waals surface area (Å²) in [4.78, 5) is 14.2. The Kier molecular flexibility index (Phi) is 4.21. The van der Waals surface area contributed by atoms with Crippen molar-refractivity contribution >= 4 is 5.97 Å². The van der Waals surface area contributed by atoms with E-state index in [0.717, 1.165) is 0 Å². The molecule has 6 nitrogen and oxygen atoms in total. The van der Waals surface area contributed by atoms with Crippen LogP contribution in [0.25, 0.3) is 0 Å². The molecular formula is C10H13NO5. The average molecular weight is 227 g/mol. The van der Waals surface area contributed by atoms with E-state index in [2.05, 4.69) is 4.98 Å². The lowest BCUT2D eigenvalue weighted by atomic mass is 10.1. The van der Waals surface area contributed by atoms with Gasteiger partial charge in [-0.25, -0.2) is 0 Å². The van der Waals surface area contributed by atoms with Gasteiger partial charge in [0.05, 0.1) is 19.6 Å². The Morgan fingerprint density at radius 1 is 1.56 bits per heavy atom. The van der Waals surface area contributed by atoms with Crippen molar-refractivity contribution in [2.45, 2.75) is 18.6 Å². The summed E-state index contributed by atoms with van der Waals surface area (Å²) >= 11 is 0. The van der Waals surface area contributed by atoms with Crippen molar-refractivity contribution in [1.82, 2.24) is 4.98 Å². The molecule has 0 saturated carbocycles. The highest BCUT2D eigenvalue weighted by molar-refractivity contribution is 5.67. The first-order valence-electron chi connectivity index (χ1n) is 4.63. The molecule has 0 aliphatic carbocycles. The van der Waals surface area contributed by atoms with Crippen LogP contribution >= 0.6 is 0 Å². The van der Waals surface area contributed by atoms with Gasteiger partial charge in [0, 0.05) is 6.20 Å². The molecule has 0 fully saturated rings. The zero-order chi connectivity index (χ0) is 12.1. The molecular weight excluding hydrogens is 214 g/mol. The van der Waals surface area contributed by atoms with E-state index < -0.39 is 24.6 Å². The lowest BCUT2D eigenvalue weighted by molar-refractivity contribution is -0.141. The molecule has 2 atom stereocenters. The number of carboxylic acids is 1. The molecule has 88 valence electrons. The summed E-state index contributed by atoms with van der Waals surface area (Å²) in [6.07, 6.45) is -1.93. The SMILES string of the molecule is COc1cccnc1C(O)C(O)CC(=O)O. The Morgan fingerprint density at radius 2 is 2.25 bits per heavy atom. The number of hydrogen-bond donors (Lipinski definition) is 3. The standard InChI is InChI=1S/C10H13NO5/c1-16-7-3-2-4-11-9(7)10(15)6(12)5-8(13)14/h2-4,6,10,12,15H,5H2,1H3,(H,13,14). The van der Waals surface area contributed by atoms with Gasteiger partial charge in [0.1, 0.15) is 17.5 Å². The van der Waals surface area contributed by atoms with Crippen molar-refractivity contribution in [3.63, 3.8) is 0 Å². The number of aliphatic carboxylic acids is 1. The second-order valence-corrected chi connectivity index (χ2v) is 3.20. The highest BCUT2D eigenvalue weighted by Gasteiger charge is 2.24.